The van der Waals surface area contributed by atoms with Gasteiger partial charge in [-0.3, -0.25) is 4.79 Å². The van der Waals surface area contributed by atoms with Crippen LogP contribution in [0, 0.1) is 11.3 Å². The molecular weight excluding hydrogens is 364 g/mol. The second-order valence-corrected chi connectivity index (χ2v) is 6.44. The molecule has 140 valence electrons. The van der Waals surface area contributed by atoms with Gasteiger partial charge in [0.2, 0.25) is 0 Å². The average molecular weight is 385 g/mol. The van der Waals surface area contributed by atoms with Gasteiger partial charge in [0, 0.05) is 26.2 Å². The Kier molecular flexibility index (Phi) is 5.84. The minimum absolute atomic E-state index is 0. The molecule has 27 heavy (non-hydrogen) atoms. The predicted molar refractivity (Wildman–Crippen MR) is 107 cm³/mol. The highest BCUT2D eigenvalue weighted by atomic mass is 35.5. The summed E-state index contributed by atoms with van der Waals surface area (Å²) in [5.74, 6) is 0.697. The van der Waals surface area contributed by atoms with Crippen LogP contribution < -0.4 is 19.9 Å². The van der Waals surface area contributed by atoms with E-state index in [0.717, 1.165) is 48.9 Å². The number of carbonyl (C=O) groups excluding carboxylic acids is 1. The third-order valence-corrected chi connectivity index (χ3v) is 4.76. The number of nitriles is 1. The fourth-order valence-electron chi connectivity index (χ4n) is 3.47. The number of halogens is 1. The zero-order chi connectivity index (χ0) is 17.9. The molecule has 2 aromatic rings. The molecular formula is C20H21ClN4O2. The number of fused-ring (bicyclic) bond motifs is 1. The van der Waals surface area contributed by atoms with Crippen LogP contribution in [0.3, 0.4) is 0 Å². The highest BCUT2D eigenvalue weighted by molar-refractivity contribution is 5.99. The number of ether oxygens (including phenoxy) is 1. The van der Waals surface area contributed by atoms with E-state index in [0.29, 0.717) is 12.1 Å². The minimum atomic E-state index is -0.0719. The summed E-state index contributed by atoms with van der Waals surface area (Å²) in [5, 5.41) is 12.4. The topological polar surface area (TPSA) is 68.6 Å². The number of rotatable bonds is 3. The minimum Gasteiger partial charge on any atom is -0.479 e. The number of nitrogens with one attached hydrogen (secondary N) is 1. The van der Waals surface area contributed by atoms with Crippen molar-refractivity contribution in [3.8, 4) is 11.8 Å². The summed E-state index contributed by atoms with van der Waals surface area (Å²) < 4.78 is 5.83. The van der Waals surface area contributed by atoms with Gasteiger partial charge in [-0.05, 0) is 29.8 Å². The van der Waals surface area contributed by atoms with Crippen LogP contribution in [0.5, 0.6) is 5.75 Å². The van der Waals surface area contributed by atoms with Gasteiger partial charge in [0.05, 0.1) is 29.6 Å². The van der Waals surface area contributed by atoms with E-state index in [2.05, 4.69) is 22.4 Å². The molecule has 1 amide bonds. The summed E-state index contributed by atoms with van der Waals surface area (Å²) in [7, 11) is 0. The smallest absolute Gasteiger partial charge is 0.265 e. The Bertz CT molecular complexity index is 875. The first kappa shape index (κ1) is 19.0. The van der Waals surface area contributed by atoms with Crippen molar-refractivity contribution in [2.75, 3.05) is 42.6 Å². The SMILES string of the molecule is Cl.N#Cc1cccc(CN2C(=O)COc3c(N4CCNCC4)cccc32)c1. The van der Waals surface area contributed by atoms with Crippen molar-refractivity contribution in [1.82, 2.24) is 5.32 Å². The molecule has 0 aliphatic carbocycles. The normalized spacial score (nSPS) is 16.0. The van der Waals surface area contributed by atoms with Crippen molar-refractivity contribution >= 4 is 29.7 Å². The van der Waals surface area contributed by atoms with Gasteiger partial charge in [0.1, 0.15) is 0 Å². The van der Waals surface area contributed by atoms with Gasteiger partial charge in [-0.25, -0.2) is 0 Å². The summed E-state index contributed by atoms with van der Waals surface area (Å²) in [6.07, 6.45) is 0. The Morgan fingerprint density at radius 3 is 2.63 bits per heavy atom. The van der Waals surface area contributed by atoms with E-state index in [1.807, 2.05) is 30.3 Å². The number of nitrogens with zero attached hydrogens (tertiary/aromatic N) is 3. The van der Waals surface area contributed by atoms with Gasteiger partial charge in [0.15, 0.2) is 12.4 Å². The third-order valence-electron chi connectivity index (χ3n) is 4.76. The molecule has 2 aromatic carbocycles. The number of benzene rings is 2. The van der Waals surface area contributed by atoms with Crippen LogP contribution >= 0.6 is 12.4 Å². The van der Waals surface area contributed by atoms with E-state index in [-0.39, 0.29) is 24.9 Å². The van der Waals surface area contributed by atoms with Gasteiger partial charge in [-0.1, -0.05) is 18.2 Å². The maximum Gasteiger partial charge on any atom is 0.265 e. The van der Waals surface area contributed by atoms with Crippen LogP contribution in [-0.4, -0.2) is 38.7 Å². The lowest BCUT2D eigenvalue weighted by molar-refractivity contribution is -0.121. The molecule has 1 saturated heterocycles. The monoisotopic (exact) mass is 384 g/mol. The molecule has 4 rings (SSSR count). The van der Waals surface area contributed by atoms with Crippen LogP contribution in [-0.2, 0) is 11.3 Å². The van der Waals surface area contributed by atoms with Crippen LogP contribution in [0.1, 0.15) is 11.1 Å². The quantitative estimate of drug-likeness (QED) is 0.879. The summed E-state index contributed by atoms with van der Waals surface area (Å²) >= 11 is 0. The zero-order valence-corrected chi connectivity index (χ0v) is 15.7. The van der Waals surface area contributed by atoms with Crippen LogP contribution in [0.25, 0.3) is 0 Å². The Morgan fingerprint density at radius 1 is 1.11 bits per heavy atom. The molecule has 0 spiro atoms. The number of para-hydroxylation sites is 1. The highest BCUT2D eigenvalue weighted by Crippen LogP contribution is 2.41. The van der Waals surface area contributed by atoms with E-state index in [9.17, 15) is 4.79 Å². The van der Waals surface area contributed by atoms with E-state index in [4.69, 9.17) is 10.00 Å². The Labute approximate surface area is 164 Å². The predicted octanol–water partition coefficient (Wildman–Crippen LogP) is 2.32. The first-order valence-corrected chi connectivity index (χ1v) is 8.77. The third kappa shape index (κ3) is 3.85. The van der Waals surface area contributed by atoms with Gasteiger partial charge in [-0.2, -0.15) is 5.26 Å². The summed E-state index contributed by atoms with van der Waals surface area (Å²) in [6.45, 7) is 4.17. The van der Waals surface area contributed by atoms with E-state index in [1.54, 1.807) is 11.0 Å². The Balaban J connectivity index is 0.00000210. The molecule has 0 aromatic heterocycles. The molecule has 2 aliphatic heterocycles. The summed E-state index contributed by atoms with van der Waals surface area (Å²) in [5.41, 5.74) is 3.35. The Hall–Kier alpha value is -2.75. The molecule has 6 nitrogen and oxygen atoms in total. The fourth-order valence-corrected chi connectivity index (χ4v) is 3.47. The fraction of sp³-hybridized carbons (Fsp3) is 0.300. The first-order chi connectivity index (χ1) is 12.8. The number of carbonyl (C=O) groups is 1. The number of hydrogen-bond donors (Lipinski definition) is 1. The van der Waals surface area contributed by atoms with Crippen molar-refractivity contribution in [2.24, 2.45) is 0 Å². The van der Waals surface area contributed by atoms with Gasteiger partial charge in [0.25, 0.3) is 5.91 Å². The molecule has 2 aliphatic rings. The summed E-state index contributed by atoms with van der Waals surface area (Å²) in [6, 6.07) is 15.5. The number of hydrogen-bond acceptors (Lipinski definition) is 5. The van der Waals surface area contributed by atoms with Gasteiger partial charge < -0.3 is 19.9 Å². The molecule has 1 N–H and O–H groups in total. The number of piperazine rings is 1. The lowest BCUT2D eigenvalue weighted by Gasteiger charge is -2.35. The number of anilines is 2. The maximum atomic E-state index is 12.5. The highest BCUT2D eigenvalue weighted by Gasteiger charge is 2.29. The lowest BCUT2D eigenvalue weighted by atomic mass is 10.1. The largest absolute Gasteiger partial charge is 0.479 e. The van der Waals surface area contributed by atoms with E-state index in [1.165, 1.54) is 0 Å². The second kappa shape index (κ2) is 8.30. The second-order valence-electron chi connectivity index (χ2n) is 6.44. The number of amides is 1. The molecule has 1 fully saturated rings. The van der Waals surface area contributed by atoms with Crippen LogP contribution in [0.15, 0.2) is 42.5 Å². The zero-order valence-electron chi connectivity index (χ0n) is 14.9. The molecule has 0 radical (unpaired) electrons. The maximum absolute atomic E-state index is 12.5. The van der Waals surface area contributed by atoms with Gasteiger partial charge in [-0.15, -0.1) is 12.4 Å². The van der Waals surface area contributed by atoms with Crippen LogP contribution in [0.2, 0.25) is 0 Å². The van der Waals surface area contributed by atoms with E-state index < -0.39 is 0 Å². The molecule has 2 heterocycles. The Morgan fingerprint density at radius 2 is 1.85 bits per heavy atom. The van der Waals surface area contributed by atoms with Gasteiger partial charge >= 0.3 is 0 Å². The van der Waals surface area contributed by atoms with Crippen molar-refractivity contribution in [3.05, 3.63) is 53.6 Å². The summed E-state index contributed by atoms with van der Waals surface area (Å²) in [4.78, 5) is 16.6. The molecule has 0 bridgehead atoms. The van der Waals surface area contributed by atoms with Crippen molar-refractivity contribution in [1.29, 1.82) is 5.26 Å². The van der Waals surface area contributed by atoms with Crippen molar-refractivity contribution < 1.29 is 9.53 Å². The molecule has 7 heteroatoms. The molecule has 0 unspecified atom stereocenters. The molecule has 0 atom stereocenters. The van der Waals surface area contributed by atoms with Crippen molar-refractivity contribution in [3.63, 3.8) is 0 Å². The van der Waals surface area contributed by atoms with Crippen LogP contribution in [0.4, 0.5) is 11.4 Å². The van der Waals surface area contributed by atoms with Crippen molar-refractivity contribution in [2.45, 2.75) is 6.54 Å². The standard InChI is InChI=1S/C20H20N4O2.ClH/c21-12-15-3-1-4-16(11-15)13-24-18-6-2-5-17(20(18)26-14-19(24)25)23-9-7-22-8-10-23;/h1-6,11,22H,7-10,13-14H2;1H. The molecule has 0 saturated carbocycles. The first-order valence-electron chi connectivity index (χ1n) is 8.77. The lowest BCUT2D eigenvalue weighted by Crippen LogP contribution is -2.44. The van der Waals surface area contributed by atoms with E-state index >= 15 is 0 Å². The average Bonchev–Trinajstić information content (AvgIpc) is 2.70.